The quantitative estimate of drug-likeness (QED) is 0.637. The lowest BCUT2D eigenvalue weighted by Crippen LogP contribution is -2.23. The van der Waals surface area contributed by atoms with Crippen molar-refractivity contribution < 1.29 is 9.21 Å². The van der Waals surface area contributed by atoms with Crippen molar-refractivity contribution >= 4 is 34.6 Å². The van der Waals surface area contributed by atoms with Crippen molar-refractivity contribution in [3.8, 4) is 17.3 Å². The van der Waals surface area contributed by atoms with Gasteiger partial charge in [0.1, 0.15) is 16.8 Å². The monoisotopic (exact) mass is 361 g/mol. The molecular weight excluding hydrogens is 346 g/mol. The maximum Gasteiger partial charge on any atom is 0.227 e. The van der Waals surface area contributed by atoms with E-state index in [0.717, 1.165) is 29.9 Å². The lowest BCUT2D eigenvalue weighted by Gasteiger charge is -2.15. The second-order valence-corrected chi connectivity index (χ2v) is 6.78. The van der Waals surface area contributed by atoms with E-state index < -0.39 is 0 Å². The van der Waals surface area contributed by atoms with Crippen molar-refractivity contribution in [3.63, 3.8) is 0 Å². The smallest absolute Gasteiger partial charge is 0.227 e. The molecule has 1 aromatic carbocycles. The number of thiazole rings is 1. The van der Waals surface area contributed by atoms with E-state index in [0.29, 0.717) is 22.8 Å². The number of nitriles is 1. The van der Waals surface area contributed by atoms with Crippen LogP contribution in [0.2, 0.25) is 0 Å². The summed E-state index contributed by atoms with van der Waals surface area (Å²) >= 11 is 1.42. The van der Waals surface area contributed by atoms with Crippen LogP contribution in [0.15, 0.2) is 52.5 Å². The SMILES string of the molecule is N#CC(=Cc1ccco1)c1nc(-c2ccc(N3CCCC3=O)cc2)cs1. The molecule has 1 fully saturated rings. The first-order valence-electron chi connectivity index (χ1n) is 8.26. The lowest BCUT2D eigenvalue weighted by atomic mass is 10.1. The van der Waals surface area contributed by atoms with E-state index >= 15 is 0 Å². The summed E-state index contributed by atoms with van der Waals surface area (Å²) in [4.78, 5) is 18.2. The highest BCUT2D eigenvalue weighted by Crippen LogP contribution is 2.29. The Hall–Kier alpha value is -3.17. The molecule has 4 rings (SSSR count). The Balaban J connectivity index is 1.58. The number of allylic oxidation sites excluding steroid dienone is 1. The first-order valence-corrected chi connectivity index (χ1v) is 9.14. The molecule has 0 unspecified atom stereocenters. The molecule has 6 heteroatoms. The summed E-state index contributed by atoms with van der Waals surface area (Å²) in [7, 11) is 0. The van der Waals surface area contributed by atoms with Gasteiger partial charge in [0.15, 0.2) is 0 Å². The fraction of sp³-hybridized carbons (Fsp3) is 0.150. The fourth-order valence-corrected chi connectivity index (χ4v) is 3.72. The normalized spacial score (nSPS) is 14.7. The van der Waals surface area contributed by atoms with Crippen LogP contribution in [0, 0.1) is 11.3 Å². The molecular formula is C20H15N3O2S. The van der Waals surface area contributed by atoms with E-state index in [-0.39, 0.29) is 5.91 Å². The molecule has 5 nitrogen and oxygen atoms in total. The molecule has 0 bridgehead atoms. The average Bonchev–Trinajstić information content (AvgIpc) is 3.42. The van der Waals surface area contributed by atoms with Gasteiger partial charge in [-0.25, -0.2) is 4.98 Å². The van der Waals surface area contributed by atoms with E-state index in [1.54, 1.807) is 24.5 Å². The molecule has 1 aliphatic rings. The second kappa shape index (κ2) is 6.98. The summed E-state index contributed by atoms with van der Waals surface area (Å²) in [5, 5.41) is 12.0. The summed E-state index contributed by atoms with van der Waals surface area (Å²) in [6.45, 7) is 0.780. The third-order valence-electron chi connectivity index (χ3n) is 4.23. The Kier molecular flexibility index (Phi) is 4.38. The number of rotatable bonds is 4. The van der Waals surface area contributed by atoms with Crippen LogP contribution in [-0.4, -0.2) is 17.4 Å². The second-order valence-electron chi connectivity index (χ2n) is 5.92. The van der Waals surface area contributed by atoms with Crippen LogP contribution < -0.4 is 4.90 Å². The van der Waals surface area contributed by atoms with E-state index in [2.05, 4.69) is 11.1 Å². The van der Waals surface area contributed by atoms with Crippen molar-refractivity contribution in [1.82, 2.24) is 4.98 Å². The molecule has 1 aliphatic heterocycles. The molecule has 3 aromatic rings. The topological polar surface area (TPSA) is 70.1 Å². The van der Waals surface area contributed by atoms with Gasteiger partial charge in [-0.2, -0.15) is 5.26 Å². The minimum atomic E-state index is 0.176. The predicted molar refractivity (Wildman–Crippen MR) is 101 cm³/mol. The third-order valence-corrected chi connectivity index (χ3v) is 5.11. The van der Waals surface area contributed by atoms with E-state index in [4.69, 9.17) is 4.42 Å². The van der Waals surface area contributed by atoms with Gasteiger partial charge < -0.3 is 9.32 Å². The Bertz CT molecular complexity index is 995. The standard InChI is InChI=1S/C20H15N3O2S/c21-12-15(11-17-3-2-10-25-17)20-22-18(13-26-20)14-5-7-16(8-6-14)23-9-1-4-19(23)24/h2-3,5-8,10-11,13H,1,4,9H2. The van der Waals surface area contributed by atoms with Gasteiger partial charge in [-0.3, -0.25) is 4.79 Å². The maximum atomic E-state index is 11.8. The molecule has 0 atom stereocenters. The van der Waals surface area contributed by atoms with Crippen molar-refractivity contribution in [2.75, 3.05) is 11.4 Å². The molecule has 26 heavy (non-hydrogen) atoms. The summed E-state index contributed by atoms with van der Waals surface area (Å²) in [5.41, 5.74) is 3.15. The van der Waals surface area contributed by atoms with Gasteiger partial charge in [0, 0.05) is 35.7 Å². The van der Waals surface area contributed by atoms with Gasteiger partial charge in [-0.05, 0) is 30.7 Å². The summed E-state index contributed by atoms with van der Waals surface area (Å²) in [6, 6.07) is 13.6. The van der Waals surface area contributed by atoms with Crippen molar-refractivity contribution in [3.05, 3.63) is 58.8 Å². The van der Waals surface area contributed by atoms with Crippen molar-refractivity contribution in [2.24, 2.45) is 0 Å². The minimum Gasteiger partial charge on any atom is -0.465 e. The van der Waals surface area contributed by atoms with Crippen LogP contribution in [0.1, 0.15) is 23.6 Å². The zero-order valence-corrected chi connectivity index (χ0v) is 14.7. The van der Waals surface area contributed by atoms with Gasteiger partial charge in [-0.15, -0.1) is 11.3 Å². The number of hydrogen-bond donors (Lipinski definition) is 0. The number of anilines is 1. The molecule has 3 heterocycles. The Labute approximate surface area is 154 Å². The molecule has 1 amide bonds. The number of amides is 1. The van der Waals surface area contributed by atoms with Crippen LogP contribution in [0.4, 0.5) is 5.69 Å². The van der Waals surface area contributed by atoms with E-state index in [1.165, 1.54) is 11.3 Å². The van der Waals surface area contributed by atoms with Gasteiger partial charge in [0.2, 0.25) is 5.91 Å². The molecule has 0 aliphatic carbocycles. The molecule has 0 spiro atoms. The third kappa shape index (κ3) is 3.17. The van der Waals surface area contributed by atoms with E-state index in [1.807, 2.05) is 34.5 Å². The lowest BCUT2D eigenvalue weighted by molar-refractivity contribution is -0.117. The van der Waals surface area contributed by atoms with Gasteiger partial charge in [0.25, 0.3) is 0 Å². The summed E-state index contributed by atoms with van der Waals surface area (Å²) in [5.74, 6) is 0.799. The van der Waals surface area contributed by atoms with Crippen molar-refractivity contribution in [2.45, 2.75) is 12.8 Å². The summed E-state index contributed by atoms with van der Waals surface area (Å²) < 4.78 is 5.27. The fourth-order valence-electron chi connectivity index (χ4n) is 2.92. The molecule has 1 saturated heterocycles. The van der Waals surface area contributed by atoms with Crippen LogP contribution in [-0.2, 0) is 4.79 Å². The summed E-state index contributed by atoms with van der Waals surface area (Å²) in [6.07, 6.45) is 4.79. The highest BCUT2D eigenvalue weighted by molar-refractivity contribution is 7.11. The van der Waals surface area contributed by atoms with Gasteiger partial charge >= 0.3 is 0 Å². The number of nitrogens with zero attached hydrogens (tertiary/aromatic N) is 3. The highest BCUT2D eigenvalue weighted by atomic mass is 32.1. The number of carbonyl (C=O) groups is 1. The largest absolute Gasteiger partial charge is 0.465 e. The Morgan fingerprint density at radius 1 is 1.31 bits per heavy atom. The van der Waals surface area contributed by atoms with Crippen LogP contribution in [0.3, 0.4) is 0 Å². The van der Waals surface area contributed by atoms with Gasteiger partial charge in [0.05, 0.1) is 17.5 Å². The highest BCUT2D eigenvalue weighted by Gasteiger charge is 2.21. The number of hydrogen-bond acceptors (Lipinski definition) is 5. The Morgan fingerprint density at radius 3 is 2.81 bits per heavy atom. The first kappa shape index (κ1) is 16.3. The number of aromatic nitrogens is 1. The minimum absolute atomic E-state index is 0.176. The molecule has 0 radical (unpaired) electrons. The van der Waals surface area contributed by atoms with E-state index in [9.17, 15) is 10.1 Å². The molecule has 0 N–H and O–H groups in total. The number of carbonyl (C=O) groups excluding carboxylic acids is 1. The maximum absolute atomic E-state index is 11.8. The van der Waals surface area contributed by atoms with Crippen molar-refractivity contribution in [1.29, 1.82) is 5.26 Å². The van der Waals surface area contributed by atoms with Crippen LogP contribution >= 0.6 is 11.3 Å². The number of furan rings is 1. The molecule has 128 valence electrons. The average molecular weight is 361 g/mol. The Morgan fingerprint density at radius 2 is 2.15 bits per heavy atom. The molecule has 2 aromatic heterocycles. The number of benzene rings is 1. The first-order chi connectivity index (χ1) is 12.7. The van der Waals surface area contributed by atoms with Crippen LogP contribution in [0.5, 0.6) is 0 Å². The van der Waals surface area contributed by atoms with Gasteiger partial charge in [-0.1, -0.05) is 12.1 Å². The van der Waals surface area contributed by atoms with Crippen LogP contribution in [0.25, 0.3) is 22.9 Å². The molecule has 0 saturated carbocycles. The predicted octanol–water partition coefficient (Wildman–Crippen LogP) is 4.59. The zero-order chi connectivity index (χ0) is 17.9. The zero-order valence-electron chi connectivity index (χ0n) is 13.9.